The highest BCUT2D eigenvalue weighted by molar-refractivity contribution is 7.10. The smallest absolute Gasteiger partial charge is 0.320 e. The quantitative estimate of drug-likeness (QED) is 0.889. The van der Waals surface area contributed by atoms with Crippen LogP contribution in [0.2, 0.25) is 0 Å². The molecule has 0 amide bonds. The third kappa shape index (κ3) is 3.30. The Balaban J connectivity index is 2.04. The summed E-state index contributed by atoms with van der Waals surface area (Å²) in [6.45, 7) is 0.688. The number of piperidine rings is 1. The topological polar surface area (TPSA) is 49.8 Å². The lowest BCUT2D eigenvalue weighted by Crippen LogP contribution is -2.46. The molecule has 1 N–H and O–H groups in total. The van der Waals surface area contributed by atoms with Gasteiger partial charge in [-0.1, -0.05) is 18.6 Å². The van der Waals surface area contributed by atoms with Crippen LogP contribution in [-0.4, -0.2) is 35.7 Å². The van der Waals surface area contributed by atoms with Gasteiger partial charge in [0.15, 0.2) is 11.6 Å². The maximum absolute atomic E-state index is 14.2. The maximum atomic E-state index is 14.2. The fraction of sp³-hybridized carbons (Fsp3) is 0.389. The van der Waals surface area contributed by atoms with Gasteiger partial charge in [-0.05, 0) is 48.5 Å². The number of benzene rings is 1. The number of halogens is 1. The van der Waals surface area contributed by atoms with Crippen molar-refractivity contribution in [3.8, 4) is 5.75 Å². The predicted octanol–water partition coefficient (Wildman–Crippen LogP) is 3.92. The number of ether oxygens (including phenoxy) is 1. The van der Waals surface area contributed by atoms with E-state index in [1.807, 2.05) is 28.5 Å². The zero-order valence-electron chi connectivity index (χ0n) is 13.4. The molecule has 1 aromatic carbocycles. The van der Waals surface area contributed by atoms with Crippen molar-refractivity contribution in [3.05, 3.63) is 52.0 Å². The first-order chi connectivity index (χ1) is 11.6. The van der Waals surface area contributed by atoms with E-state index in [2.05, 4.69) is 0 Å². The second-order valence-electron chi connectivity index (χ2n) is 5.90. The van der Waals surface area contributed by atoms with Crippen molar-refractivity contribution < 1.29 is 19.0 Å². The Morgan fingerprint density at radius 3 is 2.88 bits per heavy atom. The number of carboxylic acid groups (broad SMARTS) is 1. The van der Waals surface area contributed by atoms with Crippen molar-refractivity contribution in [3.63, 3.8) is 0 Å². The van der Waals surface area contributed by atoms with Gasteiger partial charge in [0.2, 0.25) is 0 Å². The second kappa shape index (κ2) is 7.32. The molecule has 1 aliphatic rings. The highest BCUT2D eigenvalue weighted by Gasteiger charge is 2.35. The SMILES string of the molecule is COc1ccc(C(c2cccs2)N2CCCCC2C(=O)O)cc1F. The number of likely N-dealkylation sites (tertiary alicyclic amines) is 1. The van der Waals surface area contributed by atoms with E-state index in [4.69, 9.17) is 4.74 Å². The Hall–Kier alpha value is -1.92. The first-order valence-corrected chi connectivity index (χ1v) is 8.85. The van der Waals surface area contributed by atoms with E-state index in [1.165, 1.54) is 13.2 Å². The van der Waals surface area contributed by atoms with Crippen LogP contribution in [0.15, 0.2) is 35.7 Å². The average molecular weight is 349 g/mol. The van der Waals surface area contributed by atoms with Gasteiger partial charge in [0.25, 0.3) is 0 Å². The van der Waals surface area contributed by atoms with Gasteiger partial charge in [-0.25, -0.2) is 4.39 Å². The maximum Gasteiger partial charge on any atom is 0.320 e. The zero-order chi connectivity index (χ0) is 17.1. The summed E-state index contributed by atoms with van der Waals surface area (Å²) >= 11 is 1.56. The third-order valence-electron chi connectivity index (χ3n) is 4.47. The van der Waals surface area contributed by atoms with Crippen molar-refractivity contribution in [2.45, 2.75) is 31.3 Å². The predicted molar refractivity (Wildman–Crippen MR) is 91.1 cm³/mol. The first-order valence-electron chi connectivity index (χ1n) is 7.97. The summed E-state index contributed by atoms with van der Waals surface area (Å²) in [4.78, 5) is 14.7. The molecule has 1 saturated heterocycles. The fourth-order valence-corrected chi connectivity index (χ4v) is 4.22. The number of hydrogen-bond donors (Lipinski definition) is 1. The summed E-state index contributed by atoms with van der Waals surface area (Å²) in [5.41, 5.74) is 0.754. The molecule has 0 radical (unpaired) electrons. The molecule has 4 nitrogen and oxygen atoms in total. The minimum atomic E-state index is -0.815. The van der Waals surface area contributed by atoms with Gasteiger partial charge in [0.1, 0.15) is 6.04 Å². The van der Waals surface area contributed by atoms with E-state index in [1.54, 1.807) is 17.4 Å². The summed E-state index contributed by atoms with van der Waals surface area (Å²) in [5, 5.41) is 11.6. The monoisotopic (exact) mass is 349 g/mol. The van der Waals surface area contributed by atoms with Crippen LogP contribution in [0.25, 0.3) is 0 Å². The highest BCUT2D eigenvalue weighted by Crippen LogP contribution is 2.37. The lowest BCUT2D eigenvalue weighted by molar-refractivity contribution is -0.145. The highest BCUT2D eigenvalue weighted by atomic mass is 32.1. The molecule has 1 fully saturated rings. The Morgan fingerprint density at radius 1 is 1.42 bits per heavy atom. The van der Waals surface area contributed by atoms with Crippen molar-refractivity contribution in [2.24, 2.45) is 0 Å². The van der Waals surface area contributed by atoms with Gasteiger partial charge in [-0.3, -0.25) is 9.69 Å². The number of nitrogens with zero attached hydrogens (tertiary/aromatic N) is 1. The molecule has 2 heterocycles. The summed E-state index contributed by atoms with van der Waals surface area (Å²) in [7, 11) is 1.43. The molecule has 0 aliphatic carbocycles. The molecule has 24 heavy (non-hydrogen) atoms. The molecule has 3 rings (SSSR count). The minimum absolute atomic E-state index is 0.192. The number of thiophene rings is 1. The molecule has 2 aromatic rings. The van der Waals surface area contributed by atoms with Crippen LogP contribution in [0.3, 0.4) is 0 Å². The third-order valence-corrected chi connectivity index (χ3v) is 5.39. The number of carbonyl (C=O) groups is 1. The number of hydrogen-bond acceptors (Lipinski definition) is 4. The van der Waals surface area contributed by atoms with Crippen molar-refractivity contribution in [1.82, 2.24) is 4.90 Å². The Bertz CT molecular complexity index is 704. The number of carboxylic acids is 1. The molecule has 6 heteroatoms. The Morgan fingerprint density at radius 2 is 2.25 bits per heavy atom. The molecular formula is C18H20FNO3S. The fourth-order valence-electron chi connectivity index (χ4n) is 3.35. The van der Waals surface area contributed by atoms with E-state index in [0.29, 0.717) is 13.0 Å². The summed E-state index contributed by atoms with van der Waals surface area (Å²) in [6.07, 6.45) is 2.47. The van der Waals surface area contributed by atoms with Crippen LogP contribution >= 0.6 is 11.3 Å². The molecule has 1 aromatic heterocycles. The van der Waals surface area contributed by atoms with Gasteiger partial charge in [-0.15, -0.1) is 11.3 Å². The molecule has 0 spiro atoms. The Labute approximate surface area is 144 Å². The molecule has 128 valence electrons. The van der Waals surface area contributed by atoms with Gasteiger partial charge < -0.3 is 9.84 Å². The summed E-state index contributed by atoms with van der Waals surface area (Å²) in [5.74, 6) is -1.05. The van der Waals surface area contributed by atoms with Crippen LogP contribution in [0.4, 0.5) is 4.39 Å². The summed E-state index contributed by atoms with van der Waals surface area (Å²) < 4.78 is 19.2. The average Bonchev–Trinajstić information content (AvgIpc) is 3.10. The van der Waals surface area contributed by atoms with Crippen LogP contribution in [0.5, 0.6) is 5.75 Å². The molecule has 2 unspecified atom stereocenters. The van der Waals surface area contributed by atoms with E-state index >= 15 is 0 Å². The van der Waals surface area contributed by atoms with E-state index in [0.717, 1.165) is 23.3 Å². The minimum Gasteiger partial charge on any atom is -0.494 e. The standard InChI is InChI=1S/C18H20FNO3S/c1-23-15-8-7-12(11-13(15)19)17(16-6-4-10-24-16)20-9-3-2-5-14(20)18(21)22/h4,6-8,10-11,14,17H,2-3,5,9H2,1H3,(H,21,22). The first kappa shape index (κ1) is 16.9. The molecular weight excluding hydrogens is 329 g/mol. The molecule has 0 saturated carbocycles. The molecule has 2 atom stereocenters. The molecule has 1 aliphatic heterocycles. The lowest BCUT2D eigenvalue weighted by Gasteiger charge is -2.39. The van der Waals surface area contributed by atoms with Crippen molar-refractivity contribution in [2.75, 3.05) is 13.7 Å². The van der Waals surface area contributed by atoms with Crippen LogP contribution < -0.4 is 4.74 Å². The number of methoxy groups -OCH3 is 1. The van der Waals surface area contributed by atoms with E-state index < -0.39 is 17.8 Å². The van der Waals surface area contributed by atoms with Crippen LogP contribution in [0.1, 0.15) is 35.7 Å². The largest absolute Gasteiger partial charge is 0.494 e. The van der Waals surface area contributed by atoms with Crippen LogP contribution in [0, 0.1) is 5.82 Å². The lowest BCUT2D eigenvalue weighted by atomic mass is 9.95. The number of aliphatic carboxylic acids is 1. The van der Waals surface area contributed by atoms with Crippen molar-refractivity contribution >= 4 is 17.3 Å². The van der Waals surface area contributed by atoms with Gasteiger partial charge in [-0.2, -0.15) is 0 Å². The summed E-state index contributed by atoms with van der Waals surface area (Å²) in [6, 6.07) is 7.99. The second-order valence-corrected chi connectivity index (χ2v) is 6.88. The van der Waals surface area contributed by atoms with Crippen LogP contribution in [-0.2, 0) is 4.79 Å². The normalized spacial score (nSPS) is 19.8. The van der Waals surface area contributed by atoms with Gasteiger partial charge in [0, 0.05) is 4.88 Å². The number of rotatable bonds is 5. The van der Waals surface area contributed by atoms with Gasteiger partial charge >= 0.3 is 5.97 Å². The van der Waals surface area contributed by atoms with Crippen molar-refractivity contribution in [1.29, 1.82) is 0 Å². The molecule has 0 bridgehead atoms. The van der Waals surface area contributed by atoms with E-state index in [9.17, 15) is 14.3 Å². The van der Waals surface area contributed by atoms with Gasteiger partial charge in [0.05, 0.1) is 13.2 Å². The zero-order valence-corrected chi connectivity index (χ0v) is 14.3. The Kier molecular flexibility index (Phi) is 5.16. The van der Waals surface area contributed by atoms with E-state index in [-0.39, 0.29) is 11.8 Å².